The predicted octanol–water partition coefficient (Wildman–Crippen LogP) is 2.56. The lowest BCUT2D eigenvalue weighted by Crippen LogP contribution is -2.45. The van der Waals surface area contributed by atoms with Crippen LogP contribution in [0, 0.1) is 5.82 Å². The van der Waals surface area contributed by atoms with Crippen molar-refractivity contribution < 1.29 is 23.8 Å². The minimum absolute atomic E-state index is 0.0270. The summed E-state index contributed by atoms with van der Waals surface area (Å²) in [5.41, 5.74) is 0.795. The zero-order chi connectivity index (χ0) is 26.3. The SMILES string of the molecule is C[C@H]1COc2c(N3CCN(C)CC3)c(F)cc3c(=O)c(-c4nnc(NC(=O)CCCC(=O)O)s4)cn1c23. The average molecular weight is 531 g/mol. The van der Waals surface area contributed by atoms with E-state index in [0.29, 0.717) is 41.7 Å². The van der Waals surface area contributed by atoms with Gasteiger partial charge in [-0.05, 0) is 26.5 Å². The molecule has 0 saturated carbocycles. The van der Waals surface area contributed by atoms with Crippen molar-refractivity contribution in [3.63, 3.8) is 0 Å². The number of carbonyl (C=O) groups is 2. The number of anilines is 2. The molecule has 2 N–H and O–H groups in total. The summed E-state index contributed by atoms with van der Waals surface area (Å²) < 4.78 is 23.5. The molecule has 196 valence electrons. The van der Waals surface area contributed by atoms with Crippen molar-refractivity contribution in [3.05, 3.63) is 28.3 Å². The minimum Gasteiger partial charge on any atom is -0.487 e. The van der Waals surface area contributed by atoms with Crippen LogP contribution in [0.3, 0.4) is 0 Å². The van der Waals surface area contributed by atoms with E-state index in [1.54, 1.807) is 6.20 Å². The first-order valence-electron chi connectivity index (χ1n) is 12.1. The second-order valence-electron chi connectivity index (χ2n) is 9.37. The number of hydrogen-bond acceptors (Lipinski definition) is 9. The molecule has 0 bridgehead atoms. The Morgan fingerprint density at radius 3 is 2.73 bits per heavy atom. The molecule has 0 unspecified atom stereocenters. The van der Waals surface area contributed by atoms with E-state index < -0.39 is 17.2 Å². The molecular formula is C24H27FN6O5S. The van der Waals surface area contributed by atoms with E-state index in [0.717, 1.165) is 24.4 Å². The molecule has 13 heteroatoms. The minimum atomic E-state index is -0.971. The van der Waals surface area contributed by atoms with Crippen LogP contribution < -0.4 is 20.4 Å². The number of amides is 1. The standard InChI is InChI=1S/C24H27FN6O5S/c1-13-12-36-22-19-14(10-16(25)20(22)30-8-6-29(2)7-9-30)21(35)15(11-31(13)19)23-27-28-24(37-23)26-17(32)4-3-5-18(33)34/h10-11,13H,3-9,12H2,1-2H3,(H,33,34)(H,26,28,32)/t13-/m0/s1. The fraction of sp³-hybridized carbons (Fsp3) is 0.458. The lowest BCUT2D eigenvalue weighted by Gasteiger charge is -2.37. The second kappa shape index (κ2) is 10.1. The molecule has 2 aliphatic heterocycles. The molecule has 4 heterocycles. The highest BCUT2D eigenvalue weighted by Gasteiger charge is 2.30. The monoisotopic (exact) mass is 530 g/mol. The van der Waals surface area contributed by atoms with Crippen LogP contribution in [0.15, 0.2) is 17.1 Å². The summed E-state index contributed by atoms with van der Waals surface area (Å²) in [5.74, 6) is -1.48. The molecule has 5 rings (SSSR count). The Balaban J connectivity index is 1.51. The van der Waals surface area contributed by atoms with Gasteiger partial charge in [0.1, 0.15) is 12.3 Å². The van der Waals surface area contributed by atoms with Crippen molar-refractivity contribution in [2.75, 3.05) is 50.1 Å². The molecule has 0 aliphatic carbocycles. The first-order valence-corrected chi connectivity index (χ1v) is 12.9. The maximum absolute atomic E-state index is 15.5. The Hall–Kier alpha value is -3.58. The Bertz CT molecular complexity index is 1430. The number of carbonyl (C=O) groups excluding carboxylic acids is 1. The number of nitrogens with one attached hydrogen (secondary N) is 1. The van der Waals surface area contributed by atoms with E-state index >= 15 is 4.39 Å². The number of aliphatic carboxylic acids is 1. The van der Waals surface area contributed by atoms with Gasteiger partial charge in [-0.25, -0.2) is 4.39 Å². The molecule has 1 amide bonds. The van der Waals surface area contributed by atoms with Gasteiger partial charge in [0.15, 0.2) is 22.0 Å². The molecule has 1 atom stereocenters. The highest BCUT2D eigenvalue weighted by Crippen LogP contribution is 2.42. The molecule has 0 radical (unpaired) electrons. The van der Waals surface area contributed by atoms with Crippen molar-refractivity contribution in [2.45, 2.75) is 32.2 Å². The van der Waals surface area contributed by atoms with Gasteiger partial charge < -0.3 is 29.5 Å². The number of nitrogens with zero attached hydrogens (tertiary/aromatic N) is 5. The molecule has 2 aromatic heterocycles. The zero-order valence-corrected chi connectivity index (χ0v) is 21.3. The van der Waals surface area contributed by atoms with Gasteiger partial charge in [-0.2, -0.15) is 0 Å². The maximum Gasteiger partial charge on any atom is 0.303 e. The van der Waals surface area contributed by atoms with Crippen molar-refractivity contribution in [1.82, 2.24) is 19.7 Å². The van der Waals surface area contributed by atoms with E-state index in [1.807, 2.05) is 23.4 Å². The molecule has 1 aromatic carbocycles. The zero-order valence-electron chi connectivity index (χ0n) is 20.5. The van der Waals surface area contributed by atoms with Crippen LogP contribution in [0.4, 0.5) is 15.2 Å². The topological polar surface area (TPSA) is 130 Å². The molecule has 2 aliphatic rings. The Morgan fingerprint density at radius 2 is 2.00 bits per heavy atom. The third-order valence-corrected chi connectivity index (χ3v) is 7.53. The predicted molar refractivity (Wildman–Crippen MR) is 137 cm³/mol. The van der Waals surface area contributed by atoms with Gasteiger partial charge in [0.25, 0.3) is 0 Å². The normalized spacial score (nSPS) is 17.6. The Kier molecular flexibility index (Phi) is 6.82. The molecule has 1 saturated heterocycles. The molecule has 11 nitrogen and oxygen atoms in total. The lowest BCUT2D eigenvalue weighted by molar-refractivity contribution is -0.137. The Labute approximate surface area is 215 Å². The van der Waals surface area contributed by atoms with Crippen LogP contribution in [0.25, 0.3) is 21.5 Å². The molecule has 0 spiro atoms. The van der Waals surface area contributed by atoms with Crippen LogP contribution >= 0.6 is 11.3 Å². The number of ether oxygens (including phenoxy) is 1. The van der Waals surface area contributed by atoms with Gasteiger partial charge in [0.05, 0.1) is 22.5 Å². The number of rotatable bonds is 7. The van der Waals surface area contributed by atoms with E-state index in [2.05, 4.69) is 20.4 Å². The van der Waals surface area contributed by atoms with Crippen molar-refractivity contribution in [1.29, 1.82) is 0 Å². The van der Waals surface area contributed by atoms with Crippen LogP contribution in [0.5, 0.6) is 5.75 Å². The van der Waals surface area contributed by atoms with E-state index in [9.17, 15) is 14.4 Å². The van der Waals surface area contributed by atoms with Crippen LogP contribution in [-0.2, 0) is 9.59 Å². The fourth-order valence-electron chi connectivity index (χ4n) is 4.65. The summed E-state index contributed by atoms with van der Waals surface area (Å²) >= 11 is 1.03. The van der Waals surface area contributed by atoms with E-state index in [4.69, 9.17) is 9.84 Å². The number of hydrogen-bond donors (Lipinski definition) is 2. The number of aromatic nitrogens is 3. The summed E-state index contributed by atoms with van der Waals surface area (Å²) in [5, 5.41) is 20.0. The van der Waals surface area contributed by atoms with Crippen LogP contribution in [-0.4, -0.2) is 76.5 Å². The van der Waals surface area contributed by atoms with Gasteiger partial charge >= 0.3 is 5.97 Å². The molecule has 1 fully saturated rings. The third kappa shape index (κ3) is 4.88. The van der Waals surface area contributed by atoms with Crippen molar-refractivity contribution in [2.24, 2.45) is 0 Å². The quantitative estimate of drug-likeness (QED) is 0.473. The fourth-order valence-corrected chi connectivity index (χ4v) is 5.42. The molecule has 37 heavy (non-hydrogen) atoms. The Morgan fingerprint density at radius 1 is 1.24 bits per heavy atom. The first-order chi connectivity index (χ1) is 17.7. The summed E-state index contributed by atoms with van der Waals surface area (Å²) in [6.45, 7) is 5.19. The summed E-state index contributed by atoms with van der Waals surface area (Å²) in [6.07, 6.45) is 1.82. The summed E-state index contributed by atoms with van der Waals surface area (Å²) in [7, 11) is 2.03. The highest BCUT2D eigenvalue weighted by molar-refractivity contribution is 7.18. The van der Waals surface area contributed by atoms with Crippen LogP contribution in [0.2, 0.25) is 0 Å². The van der Waals surface area contributed by atoms with E-state index in [1.165, 1.54) is 6.07 Å². The number of piperazine rings is 1. The number of carboxylic acids is 1. The van der Waals surface area contributed by atoms with E-state index in [-0.39, 0.29) is 47.3 Å². The van der Waals surface area contributed by atoms with Crippen molar-refractivity contribution in [3.8, 4) is 16.3 Å². The third-order valence-electron chi connectivity index (χ3n) is 6.66. The number of benzene rings is 1. The largest absolute Gasteiger partial charge is 0.487 e. The number of pyridine rings is 1. The molecular weight excluding hydrogens is 503 g/mol. The van der Waals surface area contributed by atoms with Gasteiger partial charge in [-0.3, -0.25) is 14.4 Å². The average Bonchev–Trinajstić information content (AvgIpc) is 3.31. The summed E-state index contributed by atoms with van der Waals surface area (Å²) in [6, 6.07) is 1.17. The van der Waals surface area contributed by atoms with Crippen molar-refractivity contribution >= 4 is 44.9 Å². The lowest BCUT2D eigenvalue weighted by atomic mass is 10.1. The number of likely N-dealkylation sites (N-methyl/N-ethyl adjacent to an activating group) is 1. The van der Waals surface area contributed by atoms with Crippen LogP contribution in [0.1, 0.15) is 32.2 Å². The maximum atomic E-state index is 15.5. The summed E-state index contributed by atoms with van der Waals surface area (Å²) in [4.78, 5) is 40.4. The number of halogens is 1. The number of carboxylic acid groups (broad SMARTS) is 1. The molecule has 3 aromatic rings. The highest BCUT2D eigenvalue weighted by atomic mass is 32.1. The van der Waals surface area contributed by atoms with Gasteiger partial charge in [-0.1, -0.05) is 11.3 Å². The smallest absolute Gasteiger partial charge is 0.303 e. The first kappa shape index (κ1) is 25.1. The van der Waals surface area contributed by atoms with Gasteiger partial charge in [0, 0.05) is 45.2 Å². The van der Waals surface area contributed by atoms with Gasteiger partial charge in [0.2, 0.25) is 11.0 Å². The second-order valence-corrected chi connectivity index (χ2v) is 10.3. The van der Waals surface area contributed by atoms with Gasteiger partial charge in [-0.15, -0.1) is 10.2 Å².